The Morgan fingerprint density at radius 2 is 2.07 bits per heavy atom. The van der Waals surface area contributed by atoms with Gasteiger partial charge in [-0.2, -0.15) is 0 Å². The van der Waals surface area contributed by atoms with Crippen LogP contribution in [-0.2, 0) is 0 Å². The Bertz CT molecular complexity index is 1160. The Morgan fingerprint density at radius 1 is 1.25 bits per heavy atom. The summed E-state index contributed by atoms with van der Waals surface area (Å²) in [6, 6.07) is 12.9. The van der Waals surface area contributed by atoms with Gasteiger partial charge in [0.05, 0.1) is 4.92 Å². The van der Waals surface area contributed by atoms with Crippen LogP contribution in [-0.4, -0.2) is 28.0 Å². The summed E-state index contributed by atoms with van der Waals surface area (Å²) in [5.41, 5.74) is 0.263. The molecule has 142 valence electrons. The maximum Gasteiger partial charge on any atom is 0.349 e. The molecule has 0 radical (unpaired) electrons. The van der Waals surface area contributed by atoms with Crippen molar-refractivity contribution in [3.05, 3.63) is 84.7 Å². The zero-order chi connectivity index (χ0) is 19.8. The van der Waals surface area contributed by atoms with Gasteiger partial charge in [-0.3, -0.25) is 14.9 Å². The molecule has 0 unspecified atom stereocenters. The van der Waals surface area contributed by atoms with Crippen molar-refractivity contribution in [3.8, 4) is 0 Å². The van der Waals surface area contributed by atoms with Gasteiger partial charge in [-0.05, 0) is 29.8 Å². The third kappa shape index (κ3) is 3.43. The highest BCUT2D eigenvalue weighted by atomic mass is 79.9. The lowest BCUT2D eigenvalue weighted by Gasteiger charge is -2.23. The molecule has 1 aliphatic rings. The van der Waals surface area contributed by atoms with Crippen LogP contribution in [0, 0.1) is 10.1 Å². The van der Waals surface area contributed by atoms with Gasteiger partial charge in [-0.15, -0.1) is 11.8 Å². The van der Waals surface area contributed by atoms with Gasteiger partial charge in [0.1, 0.15) is 16.5 Å². The van der Waals surface area contributed by atoms with Crippen LogP contribution in [0.1, 0.15) is 21.3 Å². The molecule has 1 fully saturated rings. The number of hydrogen-bond acceptors (Lipinski definition) is 6. The largest absolute Gasteiger partial charge is 0.422 e. The SMILES string of the molecule is O=C(c1cc2cc(Br)ccc2oc1=O)N1CCS[C@H]1c1cccc([N+](=O)[O-])c1. The molecule has 1 aliphatic heterocycles. The van der Waals surface area contributed by atoms with E-state index in [0.717, 1.165) is 4.47 Å². The van der Waals surface area contributed by atoms with Gasteiger partial charge >= 0.3 is 5.63 Å². The average molecular weight is 461 g/mol. The van der Waals surface area contributed by atoms with E-state index in [1.807, 2.05) is 0 Å². The zero-order valence-corrected chi connectivity index (χ0v) is 16.7. The molecule has 2 heterocycles. The van der Waals surface area contributed by atoms with Crippen molar-refractivity contribution in [1.82, 2.24) is 4.90 Å². The first-order valence-corrected chi connectivity index (χ1v) is 10.2. The molecule has 0 spiro atoms. The maximum atomic E-state index is 13.1. The van der Waals surface area contributed by atoms with E-state index < -0.39 is 21.8 Å². The molecule has 1 aromatic heterocycles. The molecule has 0 bridgehead atoms. The third-order valence-corrected chi connectivity index (χ3v) is 6.20. The fraction of sp³-hybridized carbons (Fsp3) is 0.158. The summed E-state index contributed by atoms with van der Waals surface area (Å²) >= 11 is 4.87. The molecule has 1 amide bonds. The number of carbonyl (C=O) groups excluding carboxylic acids is 1. The van der Waals surface area contributed by atoms with E-state index in [4.69, 9.17) is 4.42 Å². The number of amides is 1. The van der Waals surface area contributed by atoms with Gasteiger partial charge < -0.3 is 9.32 Å². The predicted octanol–water partition coefficient (Wildman–Crippen LogP) is 4.35. The number of benzene rings is 2. The monoisotopic (exact) mass is 460 g/mol. The van der Waals surface area contributed by atoms with Gasteiger partial charge in [0, 0.05) is 34.3 Å². The minimum absolute atomic E-state index is 0.0348. The number of hydrogen-bond donors (Lipinski definition) is 0. The minimum atomic E-state index is -0.700. The summed E-state index contributed by atoms with van der Waals surface area (Å²) in [7, 11) is 0. The second-order valence-electron chi connectivity index (χ2n) is 6.20. The van der Waals surface area contributed by atoms with Crippen LogP contribution in [0.2, 0.25) is 0 Å². The first-order chi connectivity index (χ1) is 13.4. The Morgan fingerprint density at radius 3 is 2.86 bits per heavy atom. The molecule has 2 aromatic carbocycles. The van der Waals surface area contributed by atoms with Gasteiger partial charge in [-0.25, -0.2) is 4.79 Å². The van der Waals surface area contributed by atoms with E-state index in [2.05, 4.69) is 15.9 Å². The van der Waals surface area contributed by atoms with Crippen LogP contribution >= 0.6 is 27.7 Å². The summed E-state index contributed by atoms with van der Waals surface area (Å²) in [5.74, 6) is 0.223. The molecule has 1 atom stereocenters. The van der Waals surface area contributed by atoms with Crippen molar-refractivity contribution < 1.29 is 14.1 Å². The number of fused-ring (bicyclic) bond motifs is 1. The molecule has 4 rings (SSSR count). The molecule has 1 saturated heterocycles. The van der Waals surface area contributed by atoms with Gasteiger partial charge in [0.15, 0.2) is 0 Å². The molecule has 28 heavy (non-hydrogen) atoms. The molecule has 7 nitrogen and oxygen atoms in total. The fourth-order valence-corrected chi connectivity index (χ4v) is 4.77. The second-order valence-corrected chi connectivity index (χ2v) is 8.31. The molecular weight excluding hydrogens is 448 g/mol. The number of halogens is 1. The molecular formula is C19H13BrN2O5S. The van der Waals surface area contributed by atoms with Crippen molar-refractivity contribution in [2.45, 2.75) is 5.37 Å². The van der Waals surface area contributed by atoms with E-state index in [1.54, 1.807) is 35.2 Å². The van der Waals surface area contributed by atoms with E-state index >= 15 is 0 Å². The number of nitro groups is 1. The summed E-state index contributed by atoms with van der Waals surface area (Å²) in [6.07, 6.45) is 0. The fourth-order valence-electron chi connectivity index (χ4n) is 3.14. The first kappa shape index (κ1) is 18.7. The number of nitro benzene ring substituents is 1. The van der Waals surface area contributed by atoms with Gasteiger partial charge in [-0.1, -0.05) is 28.1 Å². The van der Waals surface area contributed by atoms with Crippen LogP contribution in [0.4, 0.5) is 5.69 Å². The number of nitrogens with zero attached hydrogens (tertiary/aromatic N) is 2. The third-order valence-electron chi connectivity index (χ3n) is 4.44. The molecule has 0 saturated carbocycles. The normalized spacial score (nSPS) is 16.5. The van der Waals surface area contributed by atoms with Crippen LogP contribution in [0.25, 0.3) is 11.0 Å². The maximum absolute atomic E-state index is 13.1. The molecule has 3 aromatic rings. The molecule has 9 heteroatoms. The highest BCUT2D eigenvalue weighted by Crippen LogP contribution is 2.39. The lowest BCUT2D eigenvalue weighted by atomic mass is 10.1. The highest BCUT2D eigenvalue weighted by Gasteiger charge is 2.33. The summed E-state index contributed by atoms with van der Waals surface area (Å²) in [5, 5.41) is 11.3. The number of rotatable bonds is 3. The number of thioether (sulfide) groups is 1. The standard InChI is InChI=1S/C19H13BrN2O5S/c20-13-4-5-16-12(8-13)10-15(19(24)27-16)17(23)21-6-7-28-18(21)11-2-1-3-14(9-11)22(25)26/h1-5,8-10,18H,6-7H2/t18-/m0/s1. The highest BCUT2D eigenvalue weighted by molar-refractivity contribution is 9.10. The van der Waals surface area contributed by atoms with Crippen LogP contribution in [0.3, 0.4) is 0 Å². The summed E-state index contributed by atoms with van der Waals surface area (Å²) < 4.78 is 6.10. The van der Waals surface area contributed by atoms with Gasteiger partial charge in [0.2, 0.25) is 0 Å². The lowest BCUT2D eigenvalue weighted by molar-refractivity contribution is -0.384. The van der Waals surface area contributed by atoms with E-state index in [9.17, 15) is 19.7 Å². The Labute approximate surface area is 171 Å². The van der Waals surface area contributed by atoms with E-state index in [0.29, 0.717) is 28.8 Å². The van der Waals surface area contributed by atoms with Crippen molar-refractivity contribution in [2.75, 3.05) is 12.3 Å². The average Bonchev–Trinajstić information content (AvgIpc) is 3.17. The van der Waals surface area contributed by atoms with Crippen LogP contribution in [0.5, 0.6) is 0 Å². The second kappa shape index (κ2) is 7.40. The minimum Gasteiger partial charge on any atom is -0.422 e. The van der Waals surface area contributed by atoms with Crippen molar-refractivity contribution >= 4 is 50.3 Å². The Kier molecular flexibility index (Phi) is 4.94. The quantitative estimate of drug-likeness (QED) is 0.327. The van der Waals surface area contributed by atoms with Gasteiger partial charge in [0.25, 0.3) is 11.6 Å². The van der Waals surface area contributed by atoms with Crippen molar-refractivity contribution in [3.63, 3.8) is 0 Å². The number of non-ortho nitro benzene ring substituents is 1. The van der Waals surface area contributed by atoms with Crippen LogP contribution in [0.15, 0.2) is 62.2 Å². The topological polar surface area (TPSA) is 93.7 Å². The molecule has 0 aliphatic carbocycles. The summed E-state index contributed by atoms with van der Waals surface area (Å²) in [4.78, 5) is 37.6. The van der Waals surface area contributed by atoms with E-state index in [1.165, 1.54) is 30.0 Å². The van der Waals surface area contributed by atoms with Crippen molar-refractivity contribution in [1.29, 1.82) is 0 Å². The predicted molar refractivity (Wildman–Crippen MR) is 110 cm³/mol. The zero-order valence-electron chi connectivity index (χ0n) is 14.3. The first-order valence-electron chi connectivity index (χ1n) is 8.34. The van der Waals surface area contributed by atoms with Crippen molar-refractivity contribution in [2.24, 2.45) is 0 Å². The smallest absolute Gasteiger partial charge is 0.349 e. The lowest BCUT2D eigenvalue weighted by Crippen LogP contribution is -2.33. The van der Waals surface area contributed by atoms with Crippen LogP contribution < -0.4 is 5.63 Å². The Balaban J connectivity index is 1.72. The number of carbonyl (C=O) groups is 1. The summed E-state index contributed by atoms with van der Waals surface area (Å²) in [6.45, 7) is 0.437. The Hall–Kier alpha value is -2.65. The molecule has 0 N–H and O–H groups in total. The van der Waals surface area contributed by atoms with E-state index in [-0.39, 0.29) is 11.3 Å².